The molecule has 0 saturated carbocycles. The molecule has 0 spiro atoms. The Balaban J connectivity index is 1.57. The van der Waals surface area contributed by atoms with Crippen molar-refractivity contribution in [2.75, 3.05) is 16.0 Å². The first-order chi connectivity index (χ1) is 13.0. The first-order valence-electron chi connectivity index (χ1n) is 8.51. The first kappa shape index (κ1) is 18.6. The molecule has 3 amide bonds. The zero-order valence-corrected chi connectivity index (χ0v) is 15.8. The Bertz CT molecular complexity index is 921. The molecule has 3 N–H and O–H groups in total. The lowest BCUT2D eigenvalue weighted by Crippen LogP contribution is -2.19. The average Bonchev–Trinajstić information content (AvgIpc) is 3.11. The highest BCUT2D eigenvalue weighted by Gasteiger charge is 2.13. The van der Waals surface area contributed by atoms with E-state index in [-0.39, 0.29) is 11.6 Å². The molecule has 0 aliphatic heterocycles. The van der Waals surface area contributed by atoms with Crippen LogP contribution in [0.4, 0.5) is 21.3 Å². The van der Waals surface area contributed by atoms with Gasteiger partial charge in [-0.1, -0.05) is 44.2 Å². The molecule has 2 aromatic carbocycles. The molecule has 1 aromatic heterocycles. The first-order valence-corrected chi connectivity index (χ1v) is 9.39. The van der Waals surface area contributed by atoms with Crippen molar-refractivity contribution >= 4 is 39.8 Å². The van der Waals surface area contributed by atoms with Crippen LogP contribution >= 0.6 is 11.3 Å². The Labute approximate surface area is 161 Å². The highest BCUT2D eigenvalue weighted by atomic mass is 32.1. The molecule has 3 rings (SSSR count). The van der Waals surface area contributed by atoms with E-state index in [1.165, 1.54) is 16.9 Å². The molecule has 0 bridgehead atoms. The topological polar surface area (TPSA) is 83.1 Å². The highest BCUT2D eigenvalue weighted by Crippen LogP contribution is 2.20. The van der Waals surface area contributed by atoms with Gasteiger partial charge in [-0.2, -0.15) is 0 Å². The van der Waals surface area contributed by atoms with Gasteiger partial charge in [-0.25, -0.2) is 9.78 Å². The molecule has 0 aliphatic rings. The maximum absolute atomic E-state index is 12.3. The fourth-order valence-corrected chi connectivity index (χ4v) is 3.05. The Morgan fingerprint density at radius 3 is 2.22 bits per heavy atom. The van der Waals surface area contributed by atoms with E-state index < -0.39 is 6.03 Å². The molecule has 27 heavy (non-hydrogen) atoms. The van der Waals surface area contributed by atoms with Crippen LogP contribution in [-0.2, 0) is 0 Å². The van der Waals surface area contributed by atoms with Gasteiger partial charge in [0.2, 0.25) is 0 Å². The van der Waals surface area contributed by atoms with Crippen LogP contribution < -0.4 is 16.0 Å². The Morgan fingerprint density at radius 1 is 0.889 bits per heavy atom. The van der Waals surface area contributed by atoms with Gasteiger partial charge in [0.05, 0.1) is 0 Å². The molecule has 0 fully saturated rings. The molecule has 0 aliphatic carbocycles. The number of hydrogen-bond donors (Lipinski definition) is 3. The predicted octanol–water partition coefficient (Wildman–Crippen LogP) is 5.16. The average molecular weight is 380 g/mol. The number of amides is 3. The van der Waals surface area contributed by atoms with Crippen LogP contribution in [0.3, 0.4) is 0 Å². The van der Waals surface area contributed by atoms with E-state index in [9.17, 15) is 9.59 Å². The quantitative estimate of drug-likeness (QED) is 0.571. The second-order valence-electron chi connectivity index (χ2n) is 6.21. The van der Waals surface area contributed by atoms with Gasteiger partial charge >= 0.3 is 6.03 Å². The summed E-state index contributed by atoms with van der Waals surface area (Å²) in [5.41, 5.74) is 2.84. The van der Waals surface area contributed by atoms with Crippen LogP contribution in [0.5, 0.6) is 0 Å². The number of nitrogens with zero attached hydrogens (tertiary/aromatic N) is 1. The number of anilines is 3. The summed E-state index contributed by atoms with van der Waals surface area (Å²) in [7, 11) is 0. The van der Waals surface area contributed by atoms with Gasteiger partial charge in [0, 0.05) is 16.8 Å². The fraction of sp³-hybridized carbons (Fsp3) is 0.150. The molecule has 3 aromatic rings. The predicted molar refractivity (Wildman–Crippen MR) is 110 cm³/mol. The summed E-state index contributed by atoms with van der Waals surface area (Å²) in [6.07, 6.45) is 0. The summed E-state index contributed by atoms with van der Waals surface area (Å²) in [5.74, 6) is 0.115. The number of hydrogen-bond acceptors (Lipinski definition) is 4. The van der Waals surface area contributed by atoms with E-state index in [1.807, 2.05) is 42.5 Å². The standard InChI is InChI=1S/C20H20N4O2S/c1-13(2)14-8-10-16(11-9-14)21-18(25)17-12-27-20(23-17)24-19(26)22-15-6-4-3-5-7-15/h3-13H,1-2H3,(H,21,25)(H2,22,23,24,26). The van der Waals surface area contributed by atoms with Crippen LogP contribution in [0.1, 0.15) is 35.8 Å². The molecule has 0 saturated heterocycles. The molecule has 7 heteroatoms. The van der Waals surface area contributed by atoms with Crippen LogP contribution in [0, 0.1) is 0 Å². The van der Waals surface area contributed by atoms with Crippen molar-refractivity contribution in [3.05, 3.63) is 71.2 Å². The van der Waals surface area contributed by atoms with Gasteiger partial charge in [-0.15, -0.1) is 11.3 Å². The largest absolute Gasteiger partial charge is 0.325 e. The number of carbonyl (C=O) groups excluding carboxylic acids is 2. The summed E-state index contributed by atoms with van der Waals surface area (Å²) in [4.78, 5) is 28.5. The van der Waals surface area contributed by atoms with Crippen molar-refractivity contribution in [2.45, 2.75) is 19.8 Å². The Hall–Kier alpha value is -3.19. The molecule has 1 heterocycles. The minimum absolute atomic E-state index is 0.253. The number of aromatic nitrogens is 1. The Kier molecular flexibility index (Phi) is 5.83. The fourth-order valence-electron chi connectivity index (χ4n) is 2.36. The minimum Gasteiger partial charge on any atom is -0.321 e. The van der Waals surface area contributed by atoms with Crippen molar-refractivity contribution in [1.82, 2.24) is 4.98 Å². The second kappa shape index (κ2) is 8.46. The van der Waals surface area contributed by atoms with Crippen LogP contribution in [-0.4, -0.2) is 16.9 Å². The molecule has 6 nitrogen and oxygen atoms in total. The van der Waals surface area contributed by atoms with Gasteiger partial charge in [0.15, 0.2) is 5.13 Å². The molecule has 0 atom stereocenters. The number of carbonyl (C=O) groups is 2. The van der Waals surface area contributed by atoms with Gasteiger partial charge in [0.1, 0.15) is 5.69 Å². The van der Waals surface area contributed by atoms with Gasteiger partial charge in [-0.3, -0.25) is 10.1 Å². The monoisotopic (exact) mass is 380 g/mol. The van der Waals surface area contributed by atoms with Crippen LogP contribution in [0.25, 0.3) is 0 Å². The summed E-state index contributed by atoms with van der Waals surface area (Å²) in [6, 6.07) is 16.4. The van der Waals surface area contributed by atoms with Gasteiger partial charge in [-0.05, 0) is 35.7 Å². The van der Waals surface area contributed by atoms with Crippen molar-refractivity contribution in [2.24, 2.45) is 0 Å². The SMILES string of the molecule is CC(C)c1ccc(NC(=O)c2csc(NC(=O)Nc3ccccc3)n2)cc1. The third-order valence-electron chi connectivity index (χ3n) is 3.82. The minimum atomic E-state index is -0.410. The van der Waals surface area contributed by atoms with Gasteiger partial charge in [0.25, 0.3) is 5.91 Å². The van der Waals surface area contributed by atoms with Crippen LogP contribution in [0.2, 0.25) is 0 Å². The summed E-state index contributed by atoms with van der Waals surface area (Å²) in [5, 5.41) is 10.1. The van der Waals surface area contributed by atoms with Crippen molar-refractivity contribution < 1.29 is 9.59 Å². The number of rotatable bonds is 5. The number of nitrogens with one attached hydrogen (secondary N) is 3. The lowest BCUT2D eigenvalue weighted by Gasteiger charge is -2.07. The second-order valence-corrected chi connectivity index (χ2v) is 7.07. The number of benzene rings is 2. The van der Waals surface area contributed by atoms with E-state index in [2.05, 4.69) is 34.8 Å². The maximum atomic E-state index is 12.3. The summed E-state index contributed by atoms with van der Waals surface area (Å²) >= 11 is 1.19. The zero-order chi connectivity index (χ0) is 19.2. The van der Waals surface area contributed by atoms with E-state index in [4.69, 9.17) is 0 Å². The molecule has 0 unspecified atom stereocenters. The molecule has 138 valence electrons. The third-order valence-corrected chi connectivity index (χ3v) is 4.58. The van der Waals surface area contributed by atoms with E-state index in [1.54, 1.807) is 17.5 Å². The van der Waals surface area contributed by atoms with E-state index in [0.29, 0.717) is 22.4 Å². The normalized spacial score (nSPS) is 10.5. The molecular weight excluding hydrogens is 360 g/mol. The maximum Gasteiger partial charge on any atom is 0.325 e. The molecular formula is C20H20N4O2S. The zero-order valence-electron chi connectivity index (χ0n) is 15.0. The molecule has 0 radical (unpaired) electrons. The number of urea groups is 1. The Morgan fingerprint density at radius 2 is 1.56 bits per heavy atom. The third kappa shape index (κ3) is 5.15. The lowest BCUT2D eigenvalue weighted by atomic mass is 10.0. The smallest absolute Gasteiger partial charge is 0.321 e. The van der Waals surface area contributed by atoms with E-state index >= 15 is 0 Å². The highest BCUT2D eigenvalue weighted by molar-refractivity contribution is 7.14. The number of thiazole rings is 1. The number of para-hydroxylation sites is 1. The summed E-state index contributed by atoms with van der Waals surface area (Å²) < 4.78 is 0. The summed E-state index contributed by atoms with van der Waals surface area (Å²) in [6.45, 7) is 4.23. The lowest BCUT2D eigenvalue weighted by molar-refractivity contribution is 0.102. The van der Waals surface area contributed by atoms with Crippen molar-refractivity contribution in [3.63, 3.8) is 0 Å². The van der Waals surface area contributed by atoms with E-state index in [0.717, 1.165) is 0 Å². The van der Waals surface area contributed by atoms with Crippen LogP contribution in [0.15, 0.2) is 60.0 Å². The van der Waals surface area contributed by atoms with Crippen molar-refractivity contribution in [1.29, 1.82) is 0 Å². The van der Waals surface area contributed by atoms with Gasteiger partial charge < -0.3 is 10.6 Å². The van der Waals surface area contributed by atoms with Crippen molar-refractivity contribution in [3.8, 4) is 0 Å².